The summed E-state index contributed by atoms with van der Waals surface area (Å²) >= 11 is 0. The molecule has 8 heteroatoms. The normalized spacial score (nSPS) is 11.9. The van der Waals surface area contributed by atoms with Gasteiger partial charge >= 0.3 is 0 Å². The fraction of sp³-hybridized carbons (Fsp3) is 0.300. The largest absolute Gasteiger partial charge is 0.345 e. The highest BCUT2D eigenvalue weighted by Crippen LogP contribution is 2.21. The summed E-state index contributed by atoms with van der Waals surface area (Å²) in [5.41, 5.74) is 2.64. The number of aromatic amines is 1. The van der Waals surface area contributed by atoms with E-state index in [2.05, 4.69) is 15.3 Å². The number of hydrogen-bond acceptors (Lipinski definition) is 4. The molecule has 2 aromatic carbocycles. The fourth-order valence-electron chi connectivity index (χ4n) is 3.08. The first kappa shape index (κ1) is 20.0. The summed E-state index contributed by atoms with van der Waals surface area (Å²) in [6.07, 6.45) is 0. The van der Waals surface area contributed by atoms with E-state index in [1.165, 1.54) is 10.4 Å². The van der Waals surface area contributed by atoms with Crippen molar-refractivity contribution in [1.82, 2.24) is 19.6 Å². The number of sulfonamides is 1. The van der Waals surface area contributed by atoms with Gasteiger partial charge in [0.1, 0.15) is 5.82 Å². The van der Waals surface area contributed by atoms with E-state index in [9.17, 15) is 13.2 Å². The second kappa shape index (κ2) is 8.12. The monoisotopic (exact) mass is 400 g/mol. The highest BCUT2D eigenvalue weighted by Gasteiger charge is 2.24. The van der Waals surface area contributed by atoms with Crippen LogP contribution >= 0.6 is 0 Å². The molecule has 3 aromatic rings. The van der Waals surface area contributed by atoms with Crippen molar-refractivity contribution >= 4 is 27.0 Å². The van der Waals surface area contributed by atoms with Gasteiger partial charge in [0, 0.05) is 18.7 Å². The van der Waals surface area contributed by atoms with E-state index in [1.54, 1.807) is 32.9 Å². The number of benzene rings is 2. The van der Waals surface area contributed by atoms with Gasteiger partial charge in [-0.3, -0.25) is 4.79 Å². The molecule has 1 amide bonds. The van der Waals surface area contributed by atoms with Crippen molar-refractivity contribution < 1.29 is 13.2 Å². The molecular weight excluding hydrogens is 376 g/mol. The third-order valence-corrected chi connectivity index (χ3v) is 6.82. The predicted octanol–water partition coefficient (Wildman–Crippen LogP) is 2.83. The van der Waals surface area contributed by atoms with E-state index < -0.39 is 10.0 Å². The van der Waals surface area contributed by atoms with E-state index in [-0.39, 0.29) is 17.3 Å². The van der Waals surface area contributed by atoms with Gasteiger partial charge in [-0.05, 0) is 36.8 Å². The van der Waals surface area contributed by atoms with Crippen molar-refractivity contribution in [3.63, 3.8) is 0 Å². The number of aryl methyl sites for hydroxylation is 1. The van der Waals surface area contributed by atoms with Crippen LogP contribution in [0.1, 0.15) is 35.6 Å². The van der Waals surface area contributed by atoms with Crippen LogP contribution in [-0.2, 0) is 16.6 Å². The second-order valence-electron chi connectivity index (χ2n) is 6.45. The molecule has 0 bridgehead atoms. The fourth-order valence-corrected chi connectivity index (χ4v) is 4.79. The molecule has 2 N–H and O–H groups in total. The van der Waals surface area contributed by atoms with Crippen LogP contribution in [0.4, 0.5) is 0 Å². The smallest absolute Gasteiger partial charge is 0.251 e. The molecule has 1 aromatic heterocycles. The molecule has 0 fully saturated rings. The number of aromatic nitrogens is 2. The van der Waals surface area contributed by atoms with Gasteiger partial charge in [-0.2, -0.15) is 4.31 Å². The van der Waals surface area contributed by atoms with Gasteiger partial charge < -0.3 is 10.3 Å². The lowest BCUT2D eigenvalue weighted by Gasteiger charge is -2.20. The molecule has 3 rings (SSSR count). The van der Waals surface area contributed by atoms with E-state index in [0.29, 0.717) is 30.0 Å². The minimum atomic E-state index is -3.64. The zero-order valence-corrected chi connectivity index (χ0v) is 17.0. The van der Waals surface area contributed by atoms with Crippen LogP contribution in [0, 0.1) is 6.92 Å². The second-order valence-corrected chi connectivity index (χ2v) is 8.36. The average molecular weight is 401 g/mol. The van der Waals surface area contributed by atoms with Gasteiger partial charge in [-0.15, -0.1) is 0 Å². The summed E-state index contributed by atoms with van der Waals surface area (Å²) in [4.78, 5) is 20.3. The molecule has 0 aliphatic rings. The van der Waals surface area contributed by atoms with Crippen LogP contribution in [0.25, 0.3) is 11.0 Å². The number of rotatable bonds is 7. The Kier molecular flexibility index (Phi) is 5.81. The van der Waals surface area contributed by atoms with Gasteiger partial charge in [0.05, 0.1) is 22.5 Å². The summed E-state index contributed by atoms with van der Waals surface area (Å²) in [5, 5.41) is 2.79. The zero-order valence-electron chi connectivity index (χ0n) is 16.2. The maximum atomic E-state index is 12.8. The first-order valence-electron chi connectivity index (χ1n) is 9.19. The summed E-state index contributed by atoms with van der Waals surface area (Å²) in [6, 6.07) is 12.3. The number of nitrogens with zero attached hydrogens (tertiary/aromatic N) is 2. The molecule has 148 valence electrons. The van der Waals surface area contributed by atoms with Crippen molar-refractivity contribution in [3.05, 3.63) is 59.4 Å². The first-order chi connectivity index (χ1) is 13.4. The number of fused-ring (bicyclic) bond motifs is 1. The third kappa shape index (κ3) is 3.93. The Balaban J connectivity index is 1.80. The Hall–Kier alpha value is -2.71. The van der Waals surface area contributed by atoms with E-state index in [4.69, 9.17) is 0 Å². The molecule has 0 unspecified atom stereocenters. The number of amides is 1. The summed E-state index contributed by atoms with van der Waals surface area (Å²) < 4.78 is 27.1. The molecule has 0 saturated carbocycles. The van der Waals surface area contributed by atoms with Crippen LogP contribution < -0.4 is 5.32 Å². The lowest BCUT2D eigenvalue weighted by Crippen LogP contribution is -2.31. The Morgan fingerprint density at radius 3 is 2.54 bits per heavy atom. The molecule has 0 aliphatic heterocycles. The molecule has 7 nitrogen and oxygen atoms in total. The zero-order chi connectivity index (χ0) is 20.3. The van der Waals surface area contributed by atoms with E-state index in [1.807, 2.05) is 24.3 Å². The quantitative estimate of drug-likeness (QED) is 0.637. The summed E-state index contributed by atoms with van der Waals surface area (Å²) in [6.45, 7) is 6.29. The van der Waals surface area contributed by atoms with Gasteiger partial charge in [-0.1, -0.05) is 32.0 Å². The van der Waals surface area contributed by atoms with E-state index >= 15 is 0 Å². The maximum Gasteiger partial charge on any atom is 0.251 e. The van der Waals surface area contributed by atoms with Gasteiger partial charge in [0.25, 0.3) is 5.91 Å². The summed E-state index contributed by atoms with van der Waals surface area (Å²) in [5.74, 6) is 0.286. The van der Waals surface area contributed by atoms with Crippen molar-refractivity contribution in [3.8, 4) is 0 Å². The topological polar surface area (TPSA) is 95.2 Å². The minimum Gasteiger partial charge on any atom is -0.345 e. The third-order valence-electron chi connectivity index (χ3n) is 4.63. The van der Waals surface area contributed by atoms with Crippen molar-refractivity contribution in [2.75, 3.05) is 13.1 Å². The lowest BCUT2D eigenvalue weighted by atomic mass is 10.1. The highest BCUT2D eigenvalue weighted by atomic mass is 32.2. The molecule has 0 radical (unpaired) electrons. The number of imidazole rings is 1. The lowest BCUT2D eigenvalue weighted by molar-refractivity contribution is 0.0949. The van der Waals surface area contributed by atoms with E-state index in [0.717, 1.165) is 11.0 Å². The van der Waals surface area contributed by atoms with Gasteiger partial charge in [0.2, 0.25) is 10.0 Å². The molecule has 0 atom stereocenters. The first-order valence-corrected chi connectivity index (χ1v) is 10.6. The Morgan fingerprint density at radius 2 is 1.86 bits per heavy atom. The van der Waals surface area contributed by atoms with Crippen LogP contribution in [0.2, 0.25) is 0 Å². The molecular formula is C20H24N4O3S. The van der Waals surface area contributed by atoms with Gasteiger partial charge in [-0.25, -0.2) is 13.4 Å². The van der Waals surface area contributed by atoms with Crippen molar-refractivity contribution in [1.29, 1.82) is 0 Å². The standard InChI is InChI=1S/C20H24N4O3S/c1-4-24(5-2)28(26,27)18-12-15(11-10-14(18)3)20(25)21-13-19-22-16-8-6-7-9-17(16)23-19/h6-12H,4-5,13H2,1-3H3,(H,21,25)(H,22,23). The number of carbonyl (C=O) groups excluding carboxylic acids is 1. The van der Waals surface area contributed by atoms with Crippen LogP contribution in [0.15, 0.2) is 47.4 Å². The Morgan fingerprint density at radius 1 is 1.14 bits per heavy atom. The molecule has 0 aliphatic carbocycles. The van der Waals surface area contributed by atoms with Gasteiger partial charge in [0.15, 0.2) is 0 Å². The summed E-state index contributed by atoms with van der Waals surface area (Å²) in [7, 11) is -3.64. The highest BCUT2D eigenvalue weighted by molar-refractivity contribution is 7.89. The molecule has 28 heavy (non-hydrogen) atoms. The SMILES string of the molecule is CCN(CC)S(=O)(=O)c1cc(C(=O)NCc2nc3ccccc3[nH]2)ccc1C. The maximum absolute atomic E-state index is 12.8. The van der Waals surface area contributed by atoms with Crippen LogP contribution in [-0.4, -0.2) is 41.7 Å². The van der Waals surface area contributed by atoms with Crippen LogP contribution in [0.3, 0.4) is 0 Å². The number of hydrogen-bond donors (Lipinski definition) is 2. The Labute approximate surface area is 164 Å². The van der Waals surface area contributed by atoms with Crippen molar-refractivity contribution in [2.45, 2.75) is 32.2 Å². The molecule has 0 saturated heterocycles. The number of H-pyrrole nitrogens is 1. The predicted molar refractivity (Wildman–Crippen MR) is 109 cm³/mol. The Bertz CT molecular complexity index is 1070. The number of carbonyl (C=O) groups is 1. The number of para-hydroxylation sites is 2. The average Bonchev–Trinajstić information content (AvgIpc) is 3.10. The van der Waals surface area contributed by atoms with Crippen molar-refractivity contribution in [2.24, 2.45) is 0 Å². The van der Waals surface area contributed by atoms with Crippen LogP contribution in [0.5, 0.6) is 0 Å². The molecule has 0 spiro atoms. The minimum absolute atomic E-state index is 0.160. The number of nitrogens with one attached hydrogen (secondary N) is 2. The molecule has 1 heterocycles.